The van der Waals surface area contributed by atoms with E-state index in [-0.39, 0.29) is 30.7 Å². The molecular formula is C13H21Cl2N3OS. The van der Waals surface area contributed by atoms with Crippen LogP contribution in [0.15, 0.2) is 17.5 Å². The third-order valence-corrected chi connectivity index (χ3v) is 4.69. The minimum Gasteiger partial charge on any atom is -0.339 e. The van der Waals surface area contributed by atoms with Gasteiger partial charge in [0, 0.05) is 37.6 Å². The standard InChI is InChI=1S/C13H19N3OS.2ClH/c14-13(3-4-13)12(17)16-7-5-15(6-8-16)10-11-2-1-9-18-11;;/h1-2,9H,3-8,10,14H2;2*1H. The summed E-state index contributed by atoms with van der Waals surface area (Å²) >= 11 is 1.80. The first-order valence-corrected chi connectivity index (χ1v) is 7.38. The van der Waals surface area contributed by atoms with E-state index in [9.17, 15) is 4.79 Å². The van der Waals surface area contributed by atoms with Crippen LogP contribution in [0, 0.1) is 0 Å². The Morgan fingerprint density at radius 2 is 1.90 bits per heavy atom. The molecule has 1 aliphatic carbocycles. The van der Waals surface area contributed by atoms with E-state index in [1.54, 1.807) is 11.3 Å². The van der Waals surface area contributed by atoms with E-state index in [1.807, 2.05) is 4.90 Å². The predicted molar refractivity (Wildman–Crippen MR) is 86.8 cm³/mol. The zero-order chi connectivity index (χ0) is 12.6. The topological polar surface area (TPSA) is 49.6 Å². The van der Waals surface area contributed by atoms with Crippen molar-refractivity contribution in [2.45, 2.75) is 24.9 Å². The lowest BCUT2D eigenvalue weighted by Gasteiger charge is -2.35. The molecule has 7 heteroatoms. The molecule has 1 amide bonds. The van der Waals surface area contributed by atoms with Gasteiger partial charge in [0.25, 0.3) is 0 Å². The second-order valence-electron chi connectivity index (χ2n) is 5.30. The third-order valence-electron chi connectivity index (χ3n) is 3.83. The van der Waals surface area contributed by atoms with Gasteiger partial charge >= 0.3 is 0 Å². The first-order chi connectivity index (χ1) is 8.67. The maximum Gasteiger partial charge on any atom is 0.242 e. The van der Waals surface area contributed by atoms with Crippen molar-refractivity contribution in [2.24, 2.45) is 5.73 Å². The molecule has 0 atom stereocenters. The van der Waals surface area contributed by atoms with E-state index in [1.165, 1.54) is 4.88 Å². The highest BCUT2D eigenvalue weighted by molar-refractivity contribution is 7.09. The molecule has 0 bridgehead atoms. The van der Waals surface area contributed by atoms with Crippen molar-refractivity contribution in [1.82, 2.24) is 9.80 Å². The Bertz CT molecular complexity index is 429. The van der Waals surface area contributed by atoms with Crippen molar-refractivity contribution in [2.75, 3.05) is 26.2 Å². The van der Waals surface area contributed by atoms with Gasteiger partial charge in [-0.3, -0.25) is 9.69 Å². The number of carbonyl (C=O) groups is 1. The van der Waals surface area contributed by atoms with Gasteiger partial charge in [-0.1, -0.05) is 6.07 Å². The number of piperazine rings is 1. The highest BCUT2D eigenvalue weighted by Gasteiger charge is 2.48. The van der Waals surface area contributed by atoms with E-state index in [0.717, 1.165) is 45.6 Å². The molecule has 0 radical (unpaired) electrons. The monoisotopic (exact) mass is 337 g/mol. The lowest BCUT2D eigenvalue weighted by molar-refractivity contribution is -0.135. The number of hydrogen-bond donors (Lipinski definition) is 1. The van der Waals surface area contributed by atoms with Gasteiger partial charge in [0.1, 0.15) is 0 Å². The summed E-state index contributed by atoms with van der Waals surface area (Å²) in [6.07, 6.45) is 1.72. The Morgan fingerprint density at radius 1 is 1.25 bits per heavy atom. The molecule has 0 unspecified atom stereocenters. The molecule has 2 heterocycles. The normalized spacial score (nSPS) is 20.8. The Morgan fingerprint density at radius 3 is 2.40 bits per heavy atom. The number of halogens is 2. The first kappa shape index (κ1) is 17.7. The number of rotatable bonds is 3. The first-order valence-electron chi connectivity index (χ1n) is 6.50. The van der Waals surface area contributed by atoms with Crippen molar-refractivity contribution >= 4 is 42.1 Å². The lowest BCUT2D eigenvalue weighted by Crippen LogP contribution is -2.53. The quantitative estimate of drug-likeness (QED) is 0.913. The number of carbonyl (C=O) groups excluding carboxylic acids is 1. The third kappa shape index (κ3) is 3.86. The van der Waals surface area contributed by atoms with Gasteiger partial charge < -0.3 is 10.6 Å². The van der Waals surface area contributed by atoms with E-state index in [4.69, 9.17) is 5.73 Å². The summed E-state index contributed by atoms with van der Waals surface area (Å²) in [6, 6.07) is 4.26. The van der Waals surface area contributed by atoms with Crippen LogP contribution < -0.4 is 5.73 Å². The van der Waals surface area contributed by atoms with Crippen molar-refractivity contribution in [1.29, 1.82) is 0 Å². The van der Waals surface area contributed by atoms with E-state index < -0.39 is 5.54 Å². The van der Waals surface area contributed by atoms with Crippen LogP contribution in [-0.2, 0) is 11.3 Å². The van der Waals surface area contributed by atoms with Crippen LogP contribution in [0.5, 0.6) is 0 Å². The predicted octanol–water partition coefficient (Wildman–Crippen LogP) is 1.73. The Labute approximate surface area is 136 Å². The maximum absolute atomic E-state index is 12.1. The summed E-state index contributed by atoms with van der Waals surface area (Å²) in [7, 11) is 0. The van der Waals surface area contributed by atoms with Crippen LogP contribution in [0.3, 0.4) is 0 Å². The van der Waals surface area contributed by atoms with Crippen molar-refractivity contribution in [3.05, 3.63) is 22.4 Å². The van der Waals surface area contributed by atoms with Gasteiger partial charge in [0.15, 0.2) is 0 Å². The van der Waals surface area contributed by atoms with Crippen LogP contribution in [0.2, 0.25) is 0 Å². The minimum absolute atomic E-state index is 0. The fourth-order valence-electron chi connectivity index (χ4n) is 2.40. The van der Waals surface area contributed by atoms with Gasteiger partial charge in [0.05, 0.1) is 5.54 Å². The molecule has 2 aliphatic rings. The van der Waals surface area contributed by atoms with Gasteiger partial charge in [-0.25, -0.2) is 0 Å². The molecule has 4 nitrogen and oxygen atoms in total. The smallest absolute Gasteiger partial charge is 0.242 e. The van der Waals surface area contributed by atoms with E-state index in [0.29, 0.717) is 0 Å². The van der Waals surface area contributed by atoms with Gasteiger partial charge in [-0.2, -0.15) is 0 Å². The van der Waals surface area contributed by atoms with Gasteiger partial charge in [0.2, 0.25) is 5.91 Å². The summed E-state index contributed by atoms with van der Waals surface area (Å²) in [5.41, 5.74) is 5.46. The Balaban J connectivity index is 0.000001000. The minimum atomic E-state index is -0.504. The van der Waals surface area contributed by atoms with Crippen molar-refractivity contribution in [3.63, 3.8) is 0 Å². The number of nitrogens with two attached hydrogens (primary N) is 1. The fraction of sp³-hybridized carbons (Fsp3) is 0.615. The lowest BCUT2D eigenvalue weighted by atomic mass is 10.2. The van der Waals surface area contributed by atoms with Crippen molar-refractivity contribution < 1.29 is 4.79 Å². The summed E-state index contributed by atoms with van der Waals surface area (Å²) in [6.45, 7) is 4.57. The highest BCUT2D eigenvalue weighted by atomic mass is 35.5. The zero-order valence-electron chi connectivity index (χ0n) is 11.3. The molecule has 1 aromatic rings. The molecule has 1 saturated heterocycles. The second-order valence-corrected chi connectivity index (χ2v) is 6.34. The van der Waals surface area contributed by atoms with Gasteiger partial charge in [-0.15, -0.1) is 36.2 Å². The van der Waals surface area contributed by atoms with Gasteiger partial charge in [-0.05, 0) is 24.3 Å². The summed E-state index contributed by atoms with van der Waals surface area (Å²) < 4.78 is 0. The largest absolute Gasteiger partial charge is 0.339 e. The average molecular weight is 338 g/mol. The number of amides is 1. The molecule has 0 aromatic carbocycles. The van der Waals surface area contributed by atoms with Crippen LogP contribution in [0.4, 0.5) is 0 Å². The summed E-state index contributed by atoms with van der Waals surface area (Å²) in [5.74, 6) is 0.165. The van der Waals surface area contributed by atoms with E-state index in [2.05, 4.69) is 22.4 Å². The molecule has 114 valence electrons. The average Bonchev–Trinajstić information content (AvgIpc) is 2.93. The Hall–Kier alpha value is -0.330. The van der Waals surface area contributed by atoms with E-state index >= 15 is 0 Å². The molecule has 1 aromatic heterocycles. The Kier molecular flexibility index (Phi) is 6.28. The number of thiophene rings is 1. The zero-order valence-corrected chi connectivity index (χ0v) is 13.7. The fourth-order valence-corrected chi connectivity index (χ4v) is 3.14. The van der Waals surface area contributed by atoms with Crippen LogP contribution in [-0.4, -0.2) is 47.4 Å². The highest BCUT2D eigenvalue weighted by Crippen LogP contribution is 2.34. The molecule has 20 heavy (non-hydrogen) atoms. The molecule has 3 rings (SSSR count). The van der Waals surface area contributed by atoms with Crippen LogP contribution in [0.25, 0.3) is 0 Å². The maximum atomic E-state index is 12.1. The van der Waals surface area contributed by atoms with Crippen LogP contribution in [0.1, 0.15) is 17.7 Å². The number of nitrogens with zero attached hydrogens (tertiary/aromatic N) is 2. The second kappa shape index (κ2) is 7.09. The van der Waals surface area contributed by atoms with Crippen molar-refractivity contribution in [3.8, 4) is 0 Å². The molecular weight excluding hydrogens is 317 g/mol. The molecule has 1 saturated carbocycles. The van der Waals surface area contributed by atoms with Crippen LogP contribution >= 0.6 is 36.2 Å². The molecule has 2 fully saturated rings. The number of hydrogen-bond acceptors (Lipinski definition) is 4. The summed E-state index contributed by atoms with van der Waals surface area (Å²) in [5, 5.41) is 2.11. The molecule has 0 spiro atoms. The SMILES string of the molecule is Cl.Cl.NC1(C(=O)N2CCN(Cc3cccs3)CC2)CC1. The molecule has 1 aliphatic heterocycles. The summed E-state index contributed by atoms with van der Waals surface area (Å²) in [4.78, 5) is 17.8. The molecule has 2 N–H and O–H groups in total.